The van der Waals surface area contributed by atoms with Crippen LogP contribution in [0, 0.1) is 0 Å². The second kappa shape index (κ2) is 4.90. The van der Waals surface area contributed by atoms with Gasteiger partial charge in [-0.2, -0.15) is 4.37 Å². The van der Waals surface area contributed by atoms with E-state index in [2.05, 4.69) is 42.4 Å². The van der Waals surface area contributed by atoms with Crippen molar-refractivity contribution in [1.82, 2.24) is 9.36 Å². The highest BCUT2D eigenvalue weighted by Gasteiger charge is 2.19. The molecule has 0 saturated carbocycles. The SMILES string of the molecule is CC(CCN)Nc1nc(C(C)(C)C)ns1. The third-order valence-electron chi connectivity index (χ3n) is 2.07. The second-order valence-electron chi connectivity index (χ2n) is 4.80. The molecule has 0 aliphatic heterocycles. The van der Waals surface area contributed by atoms with Gasteiger partial charge in [0.2, 0.25) is 5.13 Å². The molecular weight excluding hydrogens is 208 g/mol. The first-order valence-electron chi connectivity index (χ1n) is 5.24. The summed E-state index contributed by atoms with van der Waals surface area (Å²) < 4.78 is 4.34. The lowest BCUT2D eigenvalue weighted by molar-refractivity contribution is 0.554. The van der Waals surface area contributed by atoms with Crippen molar-refractivity contribution >= 4 is 16.7 Å². The van der Waals surface area contributed by atoms with Crippen LogP contribution in [0.3, 0.4) is 0 Å². The van der Waals surface area contributed by atoms with Crippen molar-refractivity contribution < 1.29 is 0 Å². The largest absolute Gasteiger partial charge is 0.358 e. The smallest absolute Gasteiger partial charge is 0.202 e. The maximum atomic E-state index is 5.48. The molecule has 0 fully saturated rings. The van der Waals surface area contributed by atoms with Crippen LogP contribution in [0.5, 0.6) is 0 Å². The summed E-state index contributed by atoms with van der Waals surface area (Å²) in [6.45, 7) is 9.14. The van der Waals surface area contributed by atoms with Gasteiger partial charge in [-0.15, -0.1) is 0 Å². The first kappa shape index (κ1) is 12.4. The lowest BCUT2D eigenvalue weighted by Gasteiger charge is -2.13. The summed E-state index contributed by atoms with van der Waals surface area (Å²) in [5.74, 6) is 0.898. The fraction of sp³-hybridized carbons (Fsp3) is 0.800. The van der Waals surface area contributed by atoms with Crippen molar-refractivity contribution in [2.45, 2.75) is 45.6 Å². The molecule has 5 heteroatoms. The Morgan fingerprint density at radius 2 is 2.13 bits per heavy atom. The zero-order valence-electron chi connectivity index (χ0n) is 9.87. The quantitative estimate of drug-likeness (QED) is 0.827. The van der Waals surface area contributed by atoms with Gasteiger partial charge in [-0.1, -0.05) is 20.8 Å². The fourth-order valence-corrected chi connectivity index (χ4v) is 1.99. The van der Waals surface area contributed by atoms with Crippen LogP contribution in [0.2, 0.25) is 0 Å². The Morgan fingerprint density at radius 1 is 1.47 bits per heavy atom. The Labute approximate surface area is 95.5 Å². The van der Waals surface area contributed by atoms with Gasteiger partial charge in [0.05, 0.1) is 0 Å². The molecule has 15 heavy (non-hydrogen) atoms. The highest BCUT2D eigenvalue weighted by molar-refractivity contribution is 7.09. The number of aromatic nitrogens is 2. The van der Waals surface area contributed by atoms with Crippen molar-refractivity contribution in [2.75, 3.05) is 11.9 Å². The first-order valence-corrected chi connectivity index (χ1v) is 6.01. The molecule has 1 aromatic rings. The van der Waals surface area contributed by atoms with Crippen LogP contribution in [0.25, 0.3) is 0 Å². The Balaban J connectivity index is 2.61. The van der Waals surface area contributed by atoms with Crippen LogP contribution in [-0.4, -0.2) is 21.9 Å². The second-order valence-corrected chi connectivity index (χ2v) is 5.55. The summed E-state index contributed by atoms with van der Waals surface area (Å²) >= 11 is 1.42. The minimum Gasteiger partial charge on any atom is -0.358 e. The molecule has 0 aliphatic carbocycles. The van der Waals surface area contributed by atoms with E-state index in [1.165, 1.54) is 11.5 Å². The number of anilines is 1. The van der Waals surface area contributed by atoms with E-state index in [0.717, 1.165) is 17.4 Å². The van der Waals surface area contributed by atoms with E-state index in [-0.39, 0.29) is 5.41 Å². The van der Waals surface area contributed by atoms with Crippen molar-refractivity contribution in [3.8, 4) is 0 Å². The maximum Gasteiger partial charge on any atom is 0.202 e. The molecule has 86 valence electrons. The summed E-state index contributed by atoms with van der Waals surface area (Å²) in [6, 6.07) is 0.357. The molecule has 0 amide bonds. The first-order chi connectivity index (χ1) is 6.93. The lowest BCUT2D eigenvalue weighted by atomic mass is 9.96. The Hall–Kier alpha value is -0.680. The predicted molar refractivity (Wildman–Crippen MR) is 65.4 cm³/mol. The minimum atomic E-state index is 0.0214. The molecule has 3 N–H and O–H groups in total. The van der Waals surface area contributed by atoms with Gasteiger partial charge in [0, 0.05) is 23.0 Å². The molecule has 1 aromatic heterocycles. The van der Waals surface area contributed by atoms with Gasteiger partial charge < -0.3 is 11.1 Å². The van der Waals surface area contributed by atoms with Gasteiger partial charge in [-0.25, -0.2) is 4.98 Å². The Bertz CT molecular complexity index is 303. The molecule has 0 aromatic carbocycles. The normalized spacial score (nSPS) is 13.9. The van der Waals surface area contributed by atoms with Crippen LogP contribution in [0.4, 0.5) is 5.13 Å². The van der Waals surface area contributed by atoms with Crippen LogP contribution in [0.1, 0.15) is 39.9 Å². The average Bonchev–Trinajstić information content (AvgIpc) is 2.52. The molecule has 0 bridgehead atoms. The van der Waals surface area contributed by atoms with Gasteiger partial charge in [0.25, 0.3) is 0 Å². The summed E-state index contributed by atoms with van der Waals surface area (Å²) in [5, 5.41) is 4.19. The van der Waals surface area contributed by atoms with E-state index in [0.29, 0.717) is 12.6 Å². The van der Waals surface area contributed by atoms with Crippen LogP contribution in [-0.2, 0) is 5.41 Å². The van der Waals surface area contributed by atoms with Crippen molar-refractivity contribution in [3.63, 3.8) is 0 Å². The standard InChI is InChI=1S/C10H20N4S/c1-7(5-6-11)12-9-13-8(14-15-9)10(2,3)4/h7H,5-6,11H2,1-4H3,(H,12,13,14). The van der Waals surface area contributed by atoms with E-state index in [9.17, 15) is 0 Å². The third-order valence-corrected chi connectivity index (χ3v) is 2.71. The predicted octanol–water partition coefficient (Wildman–Crippen LogP) is 1.98. The molecule has 0 saturated heterocycles. The molecule has 0 radical (unpaired) electrons. The highest BCUT2D eigenvalue weighted by Crippen LogP contribution is 2.23. The summed E-state index contributed by atoms with van der Waals surface area (Å²) in [5.41, 5.74) is 5.51. The van der Waals surface area contributed by atoms with Gasteiger partial charge in [0.1, 0.15) is 5.82 Å². The molecule has 0 aliphatic rings. The van der Waals surface area contributed by atoms with Crippen LogP contribution >= 0.6 is 11.5 Å². The molecule has 1 unspecified atom stereocenters. The molecule has 0 spiro atoms. The Kier molecular flexibility index (Phi) is 4.04. The maximum absolute atomic E-state index is 5.48. The van der Waals surface area contributed by atoms with Crippen LogP contribution in [0.15, 0.2) is 0 Å². The van der Waals surface area contributed by atoms with E-state index in [1.807, 2.05) is 0 Å². The van der Waals surface area contributed by atoms with E-state index < -0.39 is 0 Å². The van der Waals surface area contributed by atoms with E-state index in [4.69, 9.17) is 5.73 Å². The lowest BCUT2D eigenvalue weighted by Crippen LogP contribution is -2.19. The van der Waals surface area contributed by atoms with Crippen molar-refractivity contribution in [2.24, 2.45) is 5.73 Å². The number of nitrogens with one attached hydrogen (secondary N) is 1. The topological polar surface area (TPSA) is 63.8 Å². The monoisotopic (exact) mass is 228 g/mol. The minimum absolute atomic E-state index is 0.0214. The van der Waals surface area contributed by atoms with E-state index >= 15 is 0 Å². The molecular formula is C10H20N4S. The molecule has 1 rings (SSSR count). The number of nitrogens with zero attached hydrogens (tertiary/aromatic N) is 2. The van der Waals surface area contributed by atoms with Gasteiger partial charge in [-0.05, 0) is 19.9 Å². The average molecular weight is 228 g/mol. The zero-order chi connectivity index (χ0) is 11.5. The number of hydrogen-bond donors (Lipinski definition) is 2. The van der Waals surface area contributed by atoms with Crippen LogP contribution < -0.4 is 11.1 Å². The summed E-state index contributed by atoms with van der Waals surface area (Å²) in [6.07, 6.45) is 0.949. The Morgan fingerprint density at radius 3 is 2.60 bits per heavy atom. The summed E-state index contributed by atoms with van der Waals surface area (Å²) in [7, 11) is 0. The molecule has 1 atom stereocenters. The zero-order valence-corrected chi connectivity index (χ0v) is 10.7. The summed E-state index contributed by atoms with van der Waals surface area (Å²) in [4.78, 5) is 4.46. The number of hydrogen-bond acceptors (Lipinski definition) is 5. The van der Waals surface area contributed by atoms with Gasteiger partial charge >= 0.3 is 0 Å². The van der Waals surface area contributed by atoms with Crippen molar-refractivity contribution in [1.29, 1.82) is 0 Å². The van der Waals surface area contributed by atoms with Gasteiger partial charge in [-0.3, -0.25) is 0 Å². The van der Waals surface area contributed by atoms with Crippen molar-refractivity contribution in [3.05, 3.63) is 5.82 Å². The van der Waals surface area contributed by atoms with E-state index in [1.54, 1.807) is 0 Å². The number of rotatable bonds is 4. The molecule has 4 nitrogen and oxygen atoms in total. The highest BCUT2D eigenvalue weighted by atomic mass is 32.1. The van der Waals surface area contributed by atoms with Gasteiger partial charge in [0.15, 0.2) is 0 Å². The molecule has 1 heterocycles. The fourth-order valence-electron chi connectivity index (χ4n) is 1.12. The third kappa shape index (κ3) is 3.76. The number of nitrogens with two attached hydrogens (primary N) is 1.